The number of benzene rings is 2. The highest BCUT2D eigenvalue weighted by molar-refractivity contribution is 8.15. The maximum Gasteiger partial charge on any atom is 0.417 e. The first-order valence-corrected chi connectivity index (χ1v) is 10.8. The molecule has 0 radical (unpaired) electrons. The van der Waals surface area contributed by atoms with Gasteiger partial charge in [-0.15, -0.1) is 0 Å². The van der Waals surface area contributed by atoms with Gasteiger partial charge in [0.2, 0.25) is 11.8 Å². The zero-order valence-corrected chi connectivity index (χ0v) is 18.6. The van der Waals surface area contributed by atoms with Crippen LogP contribution in [0, 0.1) is 0 Å². The molecule has 1 heterocycles. The van der Waals surface area contributed by atoms with Crippen LogP contribution in [0.2, 0.25) is 5.02 Å². The number of amidine groups is 1. The van der Waals surface area contributed by atoms with Crippen LogP contribution in [-0.2, 0) is 15.8 Å². The number of amides is 2. The Morgan fingerprint density at radius 3 is 2.59 bits per heavy atom. The molecule has 1 saturated heterocycles. The number of aliphatic imine (C=N–C) groups is 1. The molecule has 2 aromatic carbocycles. The molecule has 6 nitrogen and oxygen atoms in total. The van der Waals surface area contributed by atoms with Crippen LogP contribution in [0.5, 0.6) is 5.75 Å². The number of hydrogen-bond acceptors (Lipinski definition) is 5. The Kier molecular flexibility index (Phi) is 7.35. The largest absolute Gasteiger partial charge is 0.494 e. The predicted molar refractivity (Wildman–Crippen MR) is 119 cm³/mol. The lowest BCUT2D eigenvalue weighted by atomic mass is 10.2. The van der Waals surface area contributed by atoms with E-state index in [1.54, 1.807) is 24.3 Å². The van der Waals surface area contributed by atoms with E-state index in [1.807, 2.05) is 6.92 Å². The van der Waals surface area contributed by atoms with Gasteiger partial charge < -0.3 is 10.1 Å². The molecule has 1 N–H and O–H groups in total. The normalized spacial score (nSPS) is 18.1. The van der Waals surface area contributed by atoms with Crippen LogP contribution in [0.1, 0.15) is 18.9 Å². The number of nitrogens with zero attached hydrogens (tertiary/aromatic N) is 2. The van der Waals surface area contributed by atoms with Gasteiger partial charge >= 0.3 is 6.18 Å². The monoisotopic (exact) mass is 485 g/mol. The Morgan fingerprint density at radius 1 is 1.28 bits per heavy atom. The Bertz CT molecular complexity index is 1040. The van der Waals surface area contributed by atoms with Crippen molar-refractivity contribution in [2.24, 2.45) is 4.99 Å². The zero-order chi connectivity index (χ0) is 23.5. The first kappa shape index (κ1) is 23.9. The minimum Gasteiger partial charge on any atom is -0.494 e. The van der Waals surface area contributed by atoms with E-state index in [4.69, 9.17) is 16.3 Å². The highest BCUT2D eigenvalue weighted by Crippen LogP contribution is 2.37. The number of anilines is 1. The van der Waals surface area contributed by atoms with E-state index >= 15 is 0 Å². The Balaban J connectivity index is 1.79. The molecule has 170 valence electrons. The number of rotatable bonds is 5. The summed E-state index contributed by atoms with van der Waals surface area (Å²) in [5.41, 5.74) is -0.534. The number of hydrogen-bond donors (Lipinski definition) is 1. The van der Waals surface area contributed by atoms with Crippen LogP contribution in [0.3, 0.4) is 0 Å². The van der Waals surface area contributed by atoms with Gasteiger partial charge in [0, 0.05) is 19.2 Å². The summed E-state index contributed by atoms with van der Waals surface area (Å²) in [5, 5.41) is 1.60. The first-order valence-electron chi connectivity index (χ1n) is 9.51. The number of ether oxygens (including phenoxy) is 1. The molecule has 1 aliphatic rings. The SMILES string of the molecule is CCOc1ccc(NC(=O)C2CC(=O)N(C)C(=Nc3ccc(Cl)c(C(F)(F)F)c3)S2)cc1. The molecule has 0 saturated carbocycles. The van der Waals surface area contributed by atoms with Crippen molar-refractivity contribution < 1.29 is 27.5 Å². The Labute approximate surface area is 191 Å². The van der Waals surface area contributed by atoms with Gasteiger partial charge in [-0.05, 0) is 49.4 Å². The molecule has 0 bridgehead atoms. The van der Waals surface area contributed by atoms with Gasteiger partial charge in [0.25, 0.3) is 0 Å². The van der Waals surface area contributed by atoms with E-state index in [9.17, 15) is 22.8 Å². The second-order valence-electron chi connectivity index (χ2n) is 6.77. The third-order valence-corrected chi connectivity index (χ3v) is 6.04. The van der Waals surface area contributed by atoms with Crippen molar-refractivity contribution in [1.29, 1.82) is 0 Å². The highest BCUT2D eigenvalue weighted by Gasteiger charge is 2.35. The maximum absolute atomic E-state index is 13.1. The number of carbonyl (C=O) groups is 2. The molecule has 2 amide bonds. The van der Waals surface area contributed by atoms with E-state index in [0.717, 1.165) is 23.9 Å². The number of halogens is 4. The van der Waals surface area contributed by atoms with Gasteiger partial charge in [-0.25, -0.2) is 4.99 Å². The Morgan fingerprint density at radius 2 is 1.97 bits per heavy atom. The number of alkyl halides is 3. The van der Waals surface area contributed by atoms with Crippen molar-refractivity contribution in [2.45, 2.75) is 24.8 Å². The van der Waals surface area contributed by atoms with Crippen LogP contribution in [0.25, 0.3) is 0 Å². The van der Waals surface area contributed by atoms with Gasteiger partial charge in [-0.1, -0.05) is 23.4 Å². The smallest absolute Gasteiger partial charge is 0.417 e. The molecular weight excluding hydrogens is 467 g/mol. The van der Waals surface area contributed by atoms with Gasteiger partial charge in [0.15, 0.2) is 5.17 Å². The maximum atomic E-state index is 13.1. The predicted octanol–water partition coefficient (Wildman–Crippen LogP) is 5.35. The minimum atomic E-state index is -4.64. The summed E-state index contributed by atoms with van der Waals surface area (Å²) in [4.78, 5) is 30.5. The van der Waals surface area contributed by atoms with Crippen molar-refractivity contribution in [3.8, 4) is 5.75 Å². The van der Waals surface area contributed by atoms with Crippen molar-refractivity contribution in [2.75, 3.05) is 19.0 Å². The van der Waals surface area contributed by atoms with Crippen LogP contribution in [-0.4, -0.2) is 40.8 Å². The molecule has 1 unspecified atom stereocenters. The number of carbonyl (C=O) groups excluding carboxylic acids is 2. The highest BCUT2D eigenvalue weighted by atomic mass is 35.5. The lowest BCUT2D eigenvalue weighted by Crippen LogP contribution is -2.43. The second-order valence-corrected chi connectivity index (χ2v) is 8.34. The molecule has 2 aromatic rings. The summed E-state index contributed by atoms with van der Waals surface area (Å²) in [5.74, 6) is -0.135. The topological polar surface area (TPSA) is 71.0 Å². The van der Waals surface area contributed by atoms with Crippen molar-refractivity contribution >= 4 is 51.7 Å². The lowest BCUT2D eigenvalue weighted by molar-refractivity contribution is -0.137. The molecule has 1 atom stereocenters. The molecule has 11 heteroatoms. The summed E-state index contributed by atoms with van der Waals surface area (Å²) in [7, 11) is 1.45. The molecule has 3 rings (SSSR count). The third-order valence-electron chi connectivity index (χ3n) is 4.47. The van der Waals surface area contributed by atoms with Crippen LogP contribution in [0.15, 0.2) is 47.5 Å². The summed E-state index contributed by atoms with van der Waals surface area (Å²) in [6, 6.07) is 9.97. The van der Waals surface area contributed by atoms with Crippen LogP contribution < -0.4 is 10.1 Å². The molecular formula is C21H19ClF3N3O3S. The lowest BCUT2D eigenvalue weighted by Gasteiger charge is -2.28. The average Bonchev–Trinajstić information content (AvgIpc) is 2.73. The second kappa shape index (κ2) is 9.83. The molecule has 0 spiro atoms. The standard InChI is InChI=1S/C21H19ClF3N3O3S/c1-3-31-14-7-4-12(5-8-14)26-19(30)17-11-18(29)28(2)20(32-17)27-13-6-9-16(22)15(10-13)21(23,24)25/h4-10,17H,3,11H2,1-2H3,(H,26,30). The number of nitrogens with one attached hydrogen (secondary N) is 1. The minimum absolute atomic E-state index is 0.0311. The zero-order valence-electron chi connectivity index (χ0n) is 17.1. The number of thioether (sulfide) groups is 1. The van der Waals surface area contributed by atoms with Crippen molar-refractivity contribution in [1.82, 2.24) is 4.90 Å². The quantitative estimate of drug-likeness (QED) is 0.620. The summed E-state index contributed by atoms with van der Waals surface area (Å²) < 4.78 is 44.7. The Hall–Kier alpha value is -2.72. The first-order chi connectivity index (χ1) is 15.1. The summed E-state index contributed by atoms with van der Waals surface area (Å²) in [6.07, 6.45) is -4.72. The molecule has 1 fully saturated rings. The summed E-state index contributed by atoms with van der Waals surface area (Å²) >= 11 is 6.64. The fourth-order valence-electron chi connectivity index (χ4n) is 2.83. The molecule has 32 heavy (non-hydrogen) atoms. The molecule has 0 aromatic heterocycles. The third kappa shape index (κ3) is 5.74. The summed E-state index contributed by atoms with van der Waals surface area (Å²) in [6.45, 7) is 2.37. The fraction of sp³-hybridized carbons (Fsp3) is 0.286. The van der Waals surface area contributed by atoms with E-state index in [-0.39, 0.29) is 23.2 Å². The van der Waals surface area contributed by atoms with Crippen molar-refractivity contribution in [3.05, 3.63) is 53.1 Å². The fourth-order valence-corrected chi connectivity index (χ4v) is 4.12. The van der Waals surface area contributed by atoms with Crippen molar-refractivity contribution in [3.63, 3.8) is 0 Å². The van der Waals surface area contributed by atoms with E-state index in [1.165, 1.54) is 18.0 Å². The van der Waals surface area contributed by atoms with Gasteiger partial charge in [-0.3, -0.25) is 14.5 Å². The van der Waals surface area contributed by atoms with Gasteiger partial charge in [-0.2, -0.15) is 13.2 Å². The van der Waals surface area contributed by atoms with E-state index in [0.29, 0.717) is 18.0 Å². The van der Waals surface area contributed by atoms with Gasteiger partial charge in [0.1, 0.15) is 11.0 Å². The molecule has 1 aliphatic heterocycles. The van der Waals surface area contributed by atoms with Crippen LogP contribution >= 0.6 is 23.4 Å². The van der Waals surface area contributed by atoms with Gasteiger partial charge in [0.05, 0.1) is 22.9 Å². The van der Waals surface area contributed by atoms with Crippen LogP contribution in [0.4, 0.5) is 24.5 Å². The van der Waals surface area contributed by atoms with E-state index < -0.39 is 27.9 Å². The average molecular weight is 486 g/mol. The molecule has 0 aliphatic carbocycles. The van der Waals surface area contributed by atoms with E-state index in [2.05, 4.69) is 10.3 Å².